The number of nitrogens with zero attached hydrogens (tertiary/aromatic N) is 3. The summed E-state index contributed by atoms with van der Waals surface area (Å²) < 4.78 is 0. The summed E-state index contributed by atoms with van der Waals surface area (Å²) in [5.41, 5.74) is 11.9. The first kappa shape index (κ1) is 13.7. The van der Waals surface area contributed by atoms with Crippen LogP contribution in [0.25, 0.3) is 0 Å². The maximum absolute atomic E-state index is 6.02. The SMILES string of the molecule is Cc1ccc(N2CCN(c3ccncc3N)CC2)cc1C. The average molecular weight is 282 g/mol. The zero-order chi connectivity index (χ0) is 14.8. The maximum Gasteiger partial charge on any atom is 0.0738 e. The van der Waals surface area contributed by atoms with Gasteiger partial charge in [0.15, 0.2) is 0 Å². The molecule has 1 aliphatic rings. The molecule has 110 valence electrons. The molecule has 2 heterocycles. The van der Waals surface area contributed by atoms with Crippen LogP contribution in [-0.2, 0) is 0 Å². The van der Waals surface area contributed by atoms with E-state index in [0.29, 0.717) is 0 Å². The van der Waals surface area contributed by atoms with Crippen LogP contribution in [0.1, 0.15) is 11.1 Å². The van der Waals surface area contributed by atoms with Gasteiger partial charge in [-0.15, -0.1) is 0 Å². The predicted octanol–water partition coefficient (Wildman–Crippen LogP) is 2.61. The van der Waals surface area contributed by atoms with E-state index in [0.717, 1.165) is 37.6 Å². The molecule has 4 nitrogen and oxygen atoms in total. The minimum absolute atomic E-state index is 0.761. The summed E-state index contributed by atoms with van der Waals surface area (Å²) in [6.45, 7) is 8.34. The fraction of sp³-hybridized carbons (Fsp3) is 0.353. The van der Waals surface area contributed by atoms with E-state index in [9.17, 15) is 0 Å². The quantitative estimate of drug-likeness (QED) is 0.919. The van der Waals surface area contributed by atoms with Crippen molar-refractivity contribution in [2.45, 2.75) is 13.8 Å². The first-order chi connectivity index (χ1) is 10.1. The highest BCUT2D eigenvalue weighted by Gasteiger charge is 2.19. The lowest BCUT2D eigenvalue weighted by Crippen LogP contribution is -2.46. The molecule has 1 fully saturated rings. The first-order valence-electron chi connectivity index (χ1n) is 7.42. The second-order valence-corrected chi connectivity index (χ2v) is 5.68. The standard InChI is InChI=1S/C17H22N4/c1-13-3-4-15(11-14(13)2)20-7-9-21(10-8-20)17-5-6-19-12-16(17)18/h3-6,11-12H,7-10,18H2,1-2H3. The number of nitrogen functional groups attached to an aromatic ring is 1. The Morgan fingerprint density at radius 3 is 2.33 bits per heavy atom. The van der Waals surface area contributed by atoms with E-state index in [1.54, 1.807) is 12.4 Å². The molecule has 1 saturated heterocycles. The molecule has 0 amide bonds. The average Bonchev–Trinajstić information content (AvgIpc) is 2.51. The van der Waals surface area contributed by atoms with Crippen LogP contribution < -0.4 is 15.5 Å². The van der Waals surface area contributed by atoms with Crippen LogP contribution in [0.3, 0.4) is 0 Å². The van der Waals surface area contributed by atoms with Crippen LogP contribution in [-0.4, -0.2) is 31.2 Å². The summed E-state index contributed by atoms with van der Waals surface area (Å²) in [5, 5.41) is 0. The Morgan fingerprint density at radius 1 is 0.952 bits per heavy atom. The van der Waals surface area contributed by atoms with Crippen LogP contribution in [0, 0.1) is 13.8 Å². The molecule has 21 heavy (non-hydrogen) atoms. The van der Waals surface area contributed by atoms with Crippen LogP contribution >= 0.6 is 0 Å². The number of aryl methyl sites for hydroxylation is 2. The molecular weight excluding hydrogens is 260 g/mol. The first-order valence-corrected chi connectivity index (χ1v) is 7.42. The summed E-state index contributed by atoms with van der Waals surface area (Å²) in [6, 6.07) is 8.71. The van der Waals surface area contributed by atoms with Gasteiger partial charge in [-0.05, 0) is 43.2 Å². The van der Waals surface area contributed by atoms with Gasteiger partial charge in [0.1, 0.15) is 0 Å². The van der Waals surface area contributed by atoms with Gasteiger partial charge in [-0.3, -0.25) is 4.98 Å². The summed E-state index contributed by atoms with van der Waals surface area (Å²) in [4.78, 5) is 8.84. The molecule has 0 saturated carbocycles. The predicted molar refractivity (Wildman–Crippen MR) is 89.0 cm³/mol. The fourth-order valence-electron chi connectivity index (χ4n) is 2.82. The monoisotopic (exact) mass is 282 g/mol. The molecule has 2 N–H and O–H groups in total. The minimum Gasteiger partial charge on any atom is -0.396 e. The van der Waals surface area contributed by atoms with E-state index in [1.165, 1.54) is 16.8 Å². The molecule has 0 radical (unpaired) electrons. The number of nitrogens with two attached hydrogens (primary N) is 1. The Labute approximate surface area is 126 Å². The number of hydrogen-bond donors (Lipinski definition) is 1. The van der Waals surface area contributed by atoms with Crippen LogP contribution in [0.15, 0.2) is 36.7 Å². The third kappa shape index (κ3) is 2.79. The van der Waals surface area contributed by atoms with Crippen LogP contribution in [0.2, 0.25) is 0 Å². The molecule has 0 spiro atoms. The van der Waals surface area contributed by atoms with E-state index < -0.39 is 0 Å². The summed E-state index contributed by atoms with van der Waals surface area (Å²) in [6.07, 6.45) is 3.53. The van der Waals surface area contributed by atoms with Crippen molar-refractivity contribution in [1.82, 2.24) is 4.98 Å². The van der Waals surface area contributed by atoms with Gasteiger partial charge in [-0.1, -0.05) is 6.07 Å². The van der Waals surface area contributed by atoms with Crippen molar-refractivity contribution >= 4 is 17.1 Å². The molecule has 2 aromatic rings. The zero-order valence-electron chi connectivity index (χ0n) is 12.7. The third-order valence-corrected chi connectivity index (χ3v) is 4.30. The summed E-state index contributed by atoms with van der Waals surface area (Å²) >= 11 is 0. The molecule has 0 aliphatic carbocycles. The van der Waals surface area contributed by atoms with Gasteiger partial charge in [0, 0.05) is 38.1 Å². The molecule has 1 aromatic carbocycles. The second kappa shape index (κ2) is 5.64. The van der Waals surface area contributed by atoms with Gasteiger partial charge in [0.25, 0.3) is 0 Å². The van der Waals surface area contributed by atoms with Crippen molar-refractivity contribution in [3.8, 4) is 0 Å². The molecule has 0 atom stereocenters. The van der Waals surface area contributed by atoms with Crippen molar-refractivity contribution in [2.75, 3.05) is 41.7 Å². The molecule has 1 aliphatic heterocycles. The van der Waals surface area contributed by atoms with Crippen molar-refractivity contribution in [2.24, 2.45) is 0 Å². The zero-order valence-corrected chi connectivity index (χ0v) is 12.7. The van der Waals surface area contributed by atoms with Gasteiger partial charge in [0.05, 0.1) is 17.6 Å². The number of benzene rings is 1. The number of rotatable bonds is 2. The topological polar surface area (TPSA) is 45.4 Å². The molecule has 0 bridgehead atoms. The van der Waals surface area contributed by atoms with E-state index in [4.69, 9.17) is 5.73 Å². The third-order valence-electron chi connectivity index (χ3n) is 4.30. The molecule has 4 heteroatoms. The second-order valence-electron chi connectivity index (χ2n) is 5.68. The van der Waals surface area contributed by atoms with E-state index in [2.05, 4.69) is 46.8 Å². The molecule has 0 unspecified atom stereocenters. The van der Waals surface area contributed by atoms with Gasteiger partial charge >= 0.3 is 0 Å². The number of pyridine rings is 1. The minimum atomic E-state index is 0.761. The van der Waals surface area contributed by atoms with Gasteiger partial charge in [0.2, 0.25) is 0 Å². The Morgan fingerprint density at radius 2 is 1.67 bits per heavy atom. The van der Waals surface area contributed by atoms with E-state index in [1.807, 2.05) is 6.07 Å². The van der Waals surface area contributed by atoms with Crippen molar-refractivity contribution in [3.63, 3.8) is 0 Å². The Kier molecular flexibility index (Phi) is 3.69. The smallest absolute Gasteiger partial charge is 0.0738 e. The van der Waals surface area contributed by atoms with Crippen LogP contribution in [0.4, 0.5) is 17.1 Å². The van der Waals surface area contributed by atoms with E-state index >= 15 is 0 Å². The fourth-order valence-corrected chi connectivity index (χ4v) is 2.82. The van der Waals surface area contributed by atoms with Gasteiger partial charge in [-0.25, -0.2) is 0 Å². The van der Waals surface area contributed by atoms with E-state index in [-0.39, 0.29) is 0 Å². The maximum atomic E-state index is 6.02. The summed E-state index contributed by atoms with van der Waals surface area (Å²) in [7, 11) is 0. The van der Waals surface area contributed by atoms with Crippen molar-refractivity contribution < 1.29 is 0 Å². The largest absolute Gasteiger partial charge is 0.396 e. The highest BCUT2D eigenvalue weighted by Crippen LogP contribution is 2.25. The lowest BCUT2D eigenvalue weighted by atomic mass is 10.1. The van der Waals surface area contributed by atoms with Crippen molar-refractivity contribution in [1.29, 1.82) is 0 Å². The van der Waals surface area contributed by atoms with Gasteiger partial charge < -0.3 is 15.5 Å². The highest BCUT2D eigenvalue weighted by atomic mass is 15.3. The number of aromatic nitrogens is 1. The molecular formula is C17H22N4. The molecule has 3 rings (SSSR count). The number of hydrogen-bond acceptors (Lipinski definition) is 4. The molecule has 1 aromatic heterocycles. The Hall–Kier alpha value is -2.23. The Bertz CT molecular complexity index is 630. The Balaban J connectivity index is 1.70. The lowest BCUT2D eigenvalue weighted by molar-refractivity contribution is 0.653. The normalized spacial score (nSPS) is 15.3. The number of anilines is 3. The summed E-state index contributed by atoms with van der Waals surface area (Å²) in [5.74, 6) is 0. The van der Waals surface area contributed by atoms with Crippen molar-refractivity contribution in [3.05, 3.63) is 47.8 Å². The van der Waals surface area contributed by atoms with Gasteiger partial charge in [-0.2, -0.15) is 0 Å². The highest BCUT2D eigenvalue weighted by molar-refractivity contribution is 5.66. The lowest BCUT2D eigenvalue weighted by Gasteiger charge is -2.37. The number of piperazine rings is 1. The van der Waals surface area contributed by atoms with Crippen LogP contribution in [0.5, 0.6) is 0 Å².